The third-order valence-corrected chi connectivity index (χ3v) is 3.63. The molecular formula is C18H16F3N5. The zero-order valence-corrected chi connectivity index (χ0v) is 13.7. The molecule has 0 radical (unpaired) electrons. The third-order valence-electron chi connectivity index (χ3n) is 3.63. The molecule has 0 unspecified atom stereocenters. The third kappa shape index (κ3) is 4.47. The molecule has 0 atom stereocenters. The Morgan fingerprint density at radius 1 is 0.923 bits per heavy atom. The quantitative estimate of drug-likeness (QED) is 0.492. The van der Waals surface area contributed by atoms with Crippen LogP contribution in [0.4, 0.5) is 30.6 Å². The maximum absolute atomic E-state index is 13.7. The van der Waals surface area contributed by atoms with Crippen LogP contribution in [0.2, 0.25) is 0 Å². The van der Waals surface area contributed by atoms with Gasteiger partial charge in [0.05, 0.1) is 11.9 Å². The molecule has 0 aliphatic carbocycles. The van der Waals surface area contributed by atoms with Crippen LogP contribution in [0.25, 0.3) is 0 Å². The molecule has 134 valence electrons. The first-order valence-electron chi connectivity index (χ1n) is 8.01. The fraction of sp³-hybridized carbons (Fsp3) is 0.167. The normalized spacial score (nSPS) is 10.6. The average molecular weight is 359 g/mol. The second-order valence-corrected chi connectivity index (χ2v) is 5.53. The van der Waals surface area contributed by atoms with E-state index >= 15 is 0 Å². The van der Waals surface area contributed by atoms with E-state index in [2.05, 4.69) is 37.9 Å². The Kier molecular flexibility index (Phi) is 5.62. The van der Waals surface area contributed by atoms with Gasteiger partial charge in [-0.15, -0.1) is 5.10 Å². The molecule has 3 rings (SSSR count). The first-order valence-corrected chi connectivity index (χ1v) is 8.01. The van der Waals surface area contributed by atoms with Crippen molar-refractivity contribution in [3.8, 4) is 0 Å². The number of hydrogen-bond acceptors (Lipinski definition) is 5. The van der Waals surface area contributed by atoms with Gasteiger partial charge in [0, 0.05) is 6.54 Å². The predicted molar refractivity (Wildman–Crippen MR) is 92.7 cm³/mol. The number of rotatable bonds is 7. The molecule has 0 fully saturated rings. The molecular weight excluding hydrogens is 343 g/mol. The summed E-state index contributed by atoms with van der Waals surface area (Å²) in [6.07, 6.45) is 3.22. The fourth-order valence-electron chi connectivity index (χ4n) is 2.34. The van der Waals surface area contributed by atoms with Crippen LogP contribution in [0.1, 0.15) is 12.0 Å². The lowest BCUT2D eigenvalue weighted by Gasteiger charge is -2.09. The maximum atomic E-state index is 13.7. The largest absolute Gasteiger partial charge is 0.369 e. The van der Waals surface area contributed by atoms with Gasteiger partial charge in [-0.2, -0.15) is 10.1 Å². The van der Waals surface area contributed by atoms with E-state index in [9.17, 15) is 13.2 Å². The molecule has 0 saturated heterocycles. The van der Waals surface area contributed by atoms with Crippen molar-refractivity contribution in [3.63, 3.8) is 0 Å². The van der Waals surface area contributed by atoms with Gasteiger partial charge in [0.25, 0.3) is 0 Å². The van der Waals surface area contributed by atoms with Gasteiger partial charge >= 0.3 is 0 Å². The Labute approximate surface area is 148 Å². The van der Waals surface area contributed by atoms with Crippen molar-refractivity contribution < 1.29 is 13.2 Å². The van der Waals surface area contributed by atoms with E-state index in [4.69, 9.17) is 0 Å². The van der Waals surface area contributed by atoms with Crippen LogP contribution < -0.4 is 10.6 Å². The van der Waals surface area contributed by atoms with Crippen LogP contribution in [0.15, 0.2) is 48.7 Å². The minimum atomic E-state index is -1.56. The highest BCUT2D eigenvalue weighted by atomic mass is 19.2. The number of anilines is 3. The van der Waals surface area contributed by atoms with Crippen molar-refractivity contribution in [2.45, 2.75) is 12.8 Å². The number of benzene rings is 2. The summed E-state index contributed by atoms with van der Waals surface area (Å²) in [6.45, 7) is 0.659. The Balaban J connectivity index is 1.57. The van der Waals surface area contributed by atoms with Crippen molar-refractivity contribution in [2.24, 2.45) is 0 Å². The molecule has 0 bridgehead atoms. The minimum Gasteiger partial charge on any atom is -0.369 e. The Hall–Kier alpha value is -3.16. The molecule has 1 heterocycles. The van der Waals surface area contributed by atoms with E-state index in [1.807, 2.05) is 18.2 Å². The maximum Gasteiger partial charge on any atom is 0.249 e. The summed E-state index contributed by atoms with van der Waals surface area (Å²) in [5.74, 6) is -3.74. The summed E-state index contributed by atoms with van der Waals surface area (Å²) in [7, 11) is 0. The fourth-order valence-corrected chi connectivity index (χ4v) is 2.34. The number of nitrogens with zero attached hydrogens (tertiary/aromatic N) is 3. The second kappa shape index (κ2) is 8.28. The zero-order chi connectivity index (χ0) is 18.4. The summed E-state index contributed by atoms with van der Waals surface area (Å²) in [5.41, 5.74) is 0.971. The van der Waals surface area contributed by atoms with Crippen LogP contribution in [0, 0.1) is 17.5 Å². The summed E-state index contributed by atoms with van der Waals surface area (Å²) in [4.78, 5) is 4.13. The SMILES string of the molecule is Fc1ccc(Nc2nncc(NCCCc3ccccc3)n2)c(F)c1F. The van der Waals surface area contributed by atoms with Crippen molar-refractivity contribution in [1.29, 1.82) is 0 Å². The Bertz CT molecular complexity index is 874. The van der Waals surface area contributed by atoms with E-state index in [0.717, 1.165) is 25.0 Å². The van der Waals surface area contributed by atoms with E-state index in [1.54, 1.807) is 0 Å². The Morgan fingerprint density at radius 3 is 2.54 bits per heavy atom. The molecule has 2 N–H and O–H groups in total. The zero-order valence-electron chi connectivity index (χ0n) is 13.7. The number of nitrogens with one attached hydrogen (secondary N) is 2. The lowest BCUT2D eigenvalue weighted by atomic mass is 10.1. The van der Waals surface area contributed by atoms with Gasteiger partial charge in [-0.05, 0) is 30.5 Å². The van der Waals surface area contributed by atoms with Crippen LogP contribution in [0.3, 0.4) is 0 Å². The summed E-state index contributed by atoms with van der Waals surface area (Å²) in [5, 5.41) is 13.1. The molecule has 0 aliphatic rings. The van der Waals surface area contributed by atoms with Crippen molar-refractivity contribution in [2.75, 3.05) is 17.2 Å². The smallest absolute Gasteiger partial charge is 0.249 e. The van der Waals surface area contributed by atoms with Gasteiger partial charge in [0.1, 0.15) is 0 Å². The lowest BCUT2D eigenvalue weighted by Crippen LogP contribution is -2.08. The summed E-state index contributed by atoms with van der Waals surface area (Å²) < 4.78 is 39.9. The molecule has 8 heteroatoms. The van der Waals surface area contributed by atoms with Gasteiger partial charge in [-0.1, -0.05) is 30.3 Å². The summed E-state index contributed by atoms with van der Waals surface area (Å²) >= 11 is 0. The topological polar surface area (TPSA) is 62.7 Å². The standard InChI is InChI=1S/C18H16F3N5/c19-13-8-9-14(17(21)16(13)20)24-18-25-15(11-23-26-18)22-10-4-7-12-5-2-1-3-6-12/h1-3,5-6,8-9,11H,4,7,10H2,(H2,22,24,25,26). The van der Waals surface area contributed by atoms with Crippen molar-refractivity contribution in [1.82, 2.24) is 15.2 Å². The summed E-state index contributed by atoms with van der Waals surface area (Å²) in [6, 6.07) is 12.0. The Morgan fingerprint density at radius 2 is 1.73 bits per heavy atom. The number of hydrogen-bond donors (Lipinski definition) is 2. The monoisotopic (exact) mass is 359 g/mol. The molecule has 3 aromatic rings. The van der Waals surface area contributed by atoms with E-state index in [1.165, 1.54) is 11.8 Å². The van der Waals surface area contributed by atoms with Crippen LogP contribution >= 0.6 is 0 Å². The van der Waals surface area contributed by atoms with Crippen LogP contribution in [-0.2, 0) is 6.42 Å². The molecule has 5 nitrogen and oxygen atoms in total. The predicted octanol–water partition coefficient (Wildman–Crippen LogP) is 4.08. The molecule has 0 spiro atoms. The van der Waals surface area contributed by atoms with E-state index < -0.39 is 17.5 Å². The van der Waals surface area contributed by atoms with Crippen LogP contribution in [-0.4, -0.2) is 21.7 Å². The van der Waals surface area contributed by atoms with E-state index in [-0.39, 0.29) is 11.6 Å². The minimum absolute atomic E-state index is 0.0250. The highest BCUT2D eigenvalue weighted by molar-refractivity contribution is 5.55. The first-order chi connectivity index (χ1) is 12.6. The highest BCUT2D eigenvalue weighted by Gasteiger charge is 2.14. The van der Waals surface area contributed by atoms with Crippen LogP contribution in [0.5, 0.6) is 0 Å². The van der Waals surface area contributed by atoms with Gasteiger partial charge in [-0.3, -0.25) is 0 Å². The number of aryl methyl sites for hydroxylation is 1. The number of halogens is 3. The second-order valence-electron chi connectivity index (χ2n) is 5.53. The number of aromatic nitrogens is 3. The molecule has 0 saturated carbocycles. The van der Waals surface area contributed by atoms with Crippen molar-refractivity contribution >= 4 is 17.5 Å². The van der Waals surface area contributed by atoms with Crippen molar-refractivity contribution in [3.05, 3.63) is 71.7 Å². The highest BCUT2D eigenvalue weighted by Crippen LogP contribution is 2.22. The first kappa shape index (κ1) is 17.7. The van der Waals surface area contributed by atoms with Gasteiger partial charge < -0.3 is 10.6 Å². The molecule has 26 heavy (non-hydrogen) atoms. The van der Waals surface area contributed by atoms with E-state index in [0.29, 0.717) is 12.4 Å². The average Bonchev–Trinajstić information content (AvgIpc) is 2.67. The van der Waals surface area contributed by atoms with Gasteiger partial charge in [0.15, 0.2) is 23.3 Å². The van der Waals surface area contributed by atoms with Gasteiger partial charge in [-0.25, -0.2) is 13.2 Å². The molecule has 0 amide bonds. The van der Waals surface area contributed by atoms with Gasteiger partial charge in [0.2, 0.25) is 5.95 Å². The lowest BCUT2D eigenvalue weighted by molar-refractivity contribution is 0.449. The molecule has 2 aromatic carbocycles. The molecule has 0 aliphatic heterocycles. The molecule has 1 aromatic heterocycles.